The standard InChI is InChI=1S/C13H17N3O2/c1-16-8-11(7-15-16)9-18-13-5-10(6-14)3-4-12(13)17-2/h3-5,7-8H,6,9,14H2,1-2H3. The van der Waals surface area contributed by atoms with Crippen molar-refractivity contribution in [3.8, 4) is 11.5 Å². The third-order valence-corrected chi connectivity index (χ3v) is 2.62. The summed E-state index contributed by atoms with van der Waals surface area (Å²) in [5, 5.41) is 4.09. The molecule has 0 spiro atoms. The summed E-state index contributed by atoms with van der Waals surface area (Å²) in [7, 11) is 3.49. The molecule has 0 aliphatic rings. The minimum Gasteiger partial charge on any atom is -0.493 e. The second-order valence-corrected chi connectivity index (χ2v) is 4.00. The van der Waals surface area contributed by atoms with Crippen LogP contribution < -0.4 is 15.2 Å². The average Bonchev–Trinajstić information content (AvgIpc) is 2.81. The van der Waals surface area contributed by atoms with Gasteiger partial charge in [0.1, 0.15) is 6.61 Å². The maximum absolute atomic E-state index is 5.74. The molecule has 0 saturated carbocycles. The number of rotatable bonds is 5. The molecular weight excluding hydrogens is 230 g/mol. The fraction of sp³-hybridized carbons (Fsp3) is 0.308. The van der Waals surface area contributed by atoms with E-state index in [1.807, 2.05) is 31.4 Å². The smallest absolute Gasteiger partial charge is 0.161 e. The summed E-state index contributed by atoms with van der Waals surface area (Å²) in [5.74, 6) is 1.40. The highest BCUT2D eigenvalue weighted by molar-refractivity contribution is 5.43. The minimum absolute atomic E-state index is 0.457. The van der Waals surface area contributed by atoms with E-state index in [0.717, 1.165) is 11.1 Å². The van der Waals surface area contributed by atoms with Crippen molar-refractivity contribution >= 4 is 0 Å². The molecule has 96 valence electrons. The van der Waals surface area contributed by atoms with E-state index in [9.17, 15) is 0 Å². The van der Waals surface area contributed by atoms with E-state index in [2.05, 4.69) is 5.10 Å². The Balaban J connectivity index is 2.11. The molecule has 1 heterocycles. The molecule has 0 unspecified atom stereocenters. The molecule has 2 aromatic rings. The molecule has 0 fully saturated rings. The molecule has 5 heteroatoms. The van der Waals surface area contributed by atoms with E-state index >= 15 is 0 Å². The van der Waals surface area contributed by atoms with E-state index in [1.165, 1.54) is 0 Å². The van der Waals surface area contributed by atoms with Crippen LogP contribution in [0.2, 0.25) is 0 Å². The summed E-state index contributed by atoms with van der Waals surface area (Å²) in [6, 6.07) is 5.69. The van der Waals surface area contributed by atoms with Crippen molar-refractivity contribution in [2.45, 2.75) is 13.2 Å². The fourth-order valence-corrected chi connectivity index (χ4v) is 1.67. The van der Waals surface area contributed by atoms with Crippen LogP contribution >= 0.6 is 0 Å². The van der Waals surface area contributed by atoms with Gasteiger partial charge in [-0.1, -0.05) is 6.07 Å². The highest BCUT2D eigenvalue weighted by atomic mass is 16.5. The number of ether oxygens (including phenoxy) is 2. The van der Waals surface area contributed by atoms with Crippen molar-refractivity contribution in [1.82, 2.24) is 9.78 Å². The van der Waals surface area contributed by atoms with E-state index in [-0.39, 0.29) is 0 Å². The molecule has 0 atom stereocenters. The van der Waals surface area contributed by atoms with Gasteiger partial charge in [0.15, 0.2) is 11.5 Å². The van der Waals surface area contributed by atoms with Crippen molar-refractivity contribution in [2.75, 3.05) is 7.11 Å². The highest BCUT2D eigenvalue weighted by Crippen LogP contribution is 2.28. The lowest BCUT2D eigenvalue weighted by Crippen LogP contribution is -2.00. The zero-order valence-corrected chi connectivity index (χ0v) is 10.6. The molecule has 0 bridgehead atoms. The first-order valence-electron chi connectivity index (χ1n) is 5.70. The van der Waals surface area contributed by atoms with Crippen LogP contribution in [0.1, 0.15) is 11.1 Å². The Bertz CT molecular complexity index is 523. The van der Waals surface area contributed by atoms with Crippen molar-refractivity contribution in [3.05, 3.63) is 41.7 Å². The van der Waals surface area contributed by atoms with Crippen LogP contribution in [0.5, 0.6) is 11.5 Å². The number of aromatic nitrogens is 2. The number of aryl methyl sites for hydroxylation is 1. The SMILES string of the molecule is COc1ccc(CN)cc1OCc1cnn(C)c1. The monoisotopic (exact) mass is 247 g/mol. The molecule has 2 N–H and O–H groups in total. The van der Waals surface area contributed by atoms with Gasteiger partial charge in [-0.15, -0.1) is 0 Å². The minimum atomic E-state index is 0.457. The molecular formula is C13H17N3O2. The molecule has 1 aromatic heterocycles. The third kappa shape index (κ3) is 2.81. The Morgan fingerprint density at radius 3 is 2.72 bits per heavy atom. The Kier molecular flexibility index (Phi) is 3.84. The third-order valence-electron chi connectivity index (χ3n) is 2.62. The second kappa shape index (κ2) is 5.55. The van der Waals surface area contributed by atoms with Gasteiger partial charge in [0.2, 0.25) is 0 Å². The normalized spacial score (nSPS) is 10.4. The number of hydrogen-bond donors (Lipinski definition) is 1. The quantitative estimate of drug-likeness (QED) is 0.869. The maximum atomic E-state index is 5.74. The van der Waals surface area contributed by atoms with Crippen molar-refractivity contribution in [2.24, 2.45) is 12.8 Å². The van der Waals surface area contributed by atoms with E-state index in [0.29, 0.717) is 24.7 Å². The van der Waals surface area contributed by atoms with Gasteiger partial charge >= 0.3 is 0 Å². The number of hydrogen-bond acceptors (Lipinski definition) is 4. The first kappa shape index (κ1) is 12.4. The molecule has 0 aliphatic heterocycles. The fourth-order valence-electron chi connectivity index (χ4n) is 1.67. The van der Waals surface area contributed by atoms with Gasteiger partial charge in [-0.3, -0.25) is 4.68 Å². The van der Waals surface area contributed by atoms with Gasteiger partial charge in [-0.05, 0) is 17.7 Å². The first-order valence-corrected chi connectivity index (χ1v) is 5.70. The highest BCUT2D eigenvalue weighted by Gasteiger charge is 2.06. The van der Waals surface area contributed by atoms with Crippen LogP contribution in [0, 0.1) is 0 Å². The number of benzene rings is 1. The second-order valence-electron chi connectivity index (χ2n) is 4.00. The van der Waals surface area contributed by atoms with E-state index in [1.54, 1.807) is 18.0 Å². The summed E-state index contributed by atoms with van der Waals surface area (Å²) in [6.45, 7) is 0.936. The van der Waals surface area contributed by atoms with Gasteiger partial charge in [-0.2, -0.15) is 5.10 Å². The summed E-state index contributed by atoms with van der Waals surface area (Å²) in [6.07, 6.45) is 3.69. The van der Waals surface area contributed by atoms with Crippen molar-refractivity contribution in [1.29, 1.82) is 0 Å². The topological polar surface area (TPSA) is 62.3 Å². The zero-order chi connectivity index (χ0) is 13.0. The van der Waals surface area contributed by atoms with Crippen LogP contribution in [-0.2, 0) is 20.2 Å². The summed E-state index contributed by atoms with van der Waals surface area (Å²) in [4.78, 5) is 0. The lowest BCUT2D eigenvalue weighted by atomic mass is 10.2. The maximum Gasteiger partial charge on any atom is 0.161 e. The van der Waals surface area contributed by atoms with Gasteiger partial charge < -0.3 is 15.2 Å². The van der Waals surface area contributed by atoms with Crippen molar-refractivity contribution < 1.29 is 9.47 Å². The molecule has 5 nitrogen and oxygen atoms in total. The van der Waals surface area contributed by atoms with E-state index in [4.69, 9.17) is 15.2 Å². The van der Waals surface area contributed by atoms with Crippen LogP contribution in [0.25, 0.3) is 0 Å². The number of nitrogens with zero attached hydrogens (tertiary/aromatic N) is 2. The molecule has 18 heavy (non-hydrogen) atoms. The van der Waals surface area contributed by atoms with Crippen LogP contribution in [-0.4, -0.2) is 16.9 Å². The molecule has 0 radical (unpaired) electrons. The zero-order valence-electron chi connectivity index (χ0n) is 10.6. The molecule has 0 aliphatic carbocycles. The van der Waals surface area contributed by atoms with Gasteiger partial charge in [-0.25, -0.2) is 0 Å². The van der Waals surface area contributed by atoms with Gasteiger partial charge in [0.05, 0.1) is 13.3 Å². The first-order chi connectivity index (χ1) is 8.72. The predicted octanol–water partition coefficient (Wildman–Crippen LogP) is 1.47. The van der Waals surface area contributed by atoms with Crippen LogP contribution in [0.4, 0.5) is 0 Å². The number of nitrogens with two attached hydrogens (primary N) is 1. The molecule has 2 rings (SSSR count). The van der Waals surface area contributed by atoms with E-state index < -0.39 is 0 Å². The summed E-state index contributed by atoms with van der Waals surface area (Å²) >= 11 is 0. The van der Waals surface area contributed by atoms with Gasteiger partial charge in [0.25, 0.3) is 0 Å². The largest absolute Gasteiger partial charge is 0.493 e. The van der Waals surface area contributed by atoms with Gasteiger partial charge in [0, 0.05) is 25.4 Å². The summed E-state index contributed by atoms with van der Waals surface area (Å²) in [5.41, 5.74) is 7.63. The predicted molar refractivity (Wildman–Crippen MR) is 68.4 cm³/mol. The average molecular weight is 247 g/mol. The molecule has 0 amide bonds. The van der Waals surface area contributed by atoms with Crippen LogP contribution in [0.3, 0.4) is 0 Å². The molecule has 0 saturated heterocycles. The van der Waals surface area contributed by atoms with Crippen molar-refractivity contribution in [3.63, 3.8) is 0 Å². The Morgan fingerprint density at radius 2 is 2.11 bits per heavy atom. The Hall–Kier alpha value is -2.01. The molecule has 1 aromatic carbocycles. The lowest BCUT2D eigenvalue weighted by molar-refractivity contribution is 0.284. The Morgan fingerprint density at radius 1 is 1.28 bits per heavy atom. The Labute approximate surface area is 106 Å². The lowest BCUT2D eigenvalue weighted by Gasteiger charge is -2.11. The number of methoxy groups -OCH3 is 1. The summed E-state index contributed by atoms with van der Waals surface area (Å²) < 4.78 is 12.7. The van der Waals surface area contributed by atoms with Crippen LogP contribution in [0.15, 0.2) is 30.6 Å².